The SMILES string of the molecule is O=C1CC2CNCCN2c2nc(C(F)(F)F)ccc21. The Balaban J connectivity index is 2.08. The minimum Gasteiger partial charge on any atom is -0.350 e. The van der Waals surface area contributed by atoms with Crippen LogP contribution in [0.15, 0.2) is 12.1 Å². The summed E-state index contributed by atoms with van der Waals surface area (Å²) in [6.07, 6.45) is -4.16. The van der Waals surface area contributed by atoms with Crippen molar-refractivity contribution in [2.45, 2.75) is 18.6 Å². The van der Waals surface area contributed by atoms with Crippen LogP contribution in [0, 0.1) is 0 Å². The highest BCUT2D eigenvalue weighted by molar-refractivity contribution is 6.03. The second kappa shape index (κ2) is 4.19. The first kappa shape index (κ1) is 12.4. The van der Waals surface area contributed by atoms with Crippen molar-refractivity contribution in [1.29, 1.82) is 0 Å². The van der Waals surface area contributed by atoms with Crippen molar-refractivity contribution in [3.8, 4) is 0 Å². The summed E-state index contributed by atoms with van der Waals surface area (Å²) in [7, 11) is 0. The molecule has 0 saturated carbocycles. The number of alkyl halides is 3. The van der Waals surface area contributed by atoms with E-state index in [0.29, 0.717) is 31.6 Å². The maximum absolute atomic E-state index is 12.7. The molecule has 1 fully saturated rings. The number of halogens is 3. The zero-order valence-electron chi connectivity index (χ0n) is 10.00. The van der Waals surface area contributed by atoms with Crippen LogP contribution in [-0.4, -0.2) is 36.4 Å². The third-order valence-corrected chi connectivity index (χ3v) is 3.51. The van der Waals surface area contributed by atoms with E-state index in [0.717, 1.165) is 6.07 Å². The van der Waals surface area contributed by atoms with Crippen LogP contribution in [0.2, 0.25) is 0 Å². The molecule has 2 aliphatic rings. The molecule has 0 bridgehead atoms. The van der Waals surface area contributed by atoms with Crippen molar-refractivity contribution in [1.82, 2.24) is 10.3 Å². The van der Waals surface area contributed by atoms with Crippen molar-refractivity contribution < 1.29 is 18.0 Å². The average molecular weight is 271 g/mol. The van der Waals surface area contributed by atoms with Crippen molar-refractivity contribution in [3.05, 3.63) is 23.4 Å². The van der Waals surface area contributed by atoms with Gasteiger partial charge in [-0.15, -0.1) is 0 Å². The highest BCUT2D eigenvalue weighted by Crippen LogP contribution is 2.34. The molecule has 2 aliphatic heterocycles. The van der Waals surface area contributed by atoms with Crippen LogP contribution in [0.25, 0.3) is 0 Å². The van der Waals surface area contributed by atoms with Gasteiger partial charge in [0.2, 0.25) is 0 Å². The van der Waals surface area contributed by atoms with Crippen LogP contribution < -0.4 is 10.2 Å². The van der Waals surface area contributed by atoms with Crippen LogP contribution >= 0.6 is 0 Å². The Morgan fingerprint density at radius 1 is 1.37 bits per heavy atom. The molecular weight excluding hydrogens is 259 g/mol. The number of nitrogens with zero attached hydrogens (tertiary/aromatic N) is 2. The van der Waals surface area contributed by atoms with Gasteiger partial charge in [0.25, 0.3) is 0 Å². The number of fused-ring (bicyclic) bond motifs is 3. The minimum atomic E-state index is -4.49. The summed E-state index contributed by atoms with van der Waals surface area (Å²) in [5.41, 5.74) is -0.649. The van der Waals surface area contributed by atoms with Crippen LogP contribution in [0.1, 0.15) is 22.5 Å². The van der Waals surface area contributed by atoms with Gasteiger partial charge in [-0.3, -0.25) is 4.79 Å². The summed E-state index contributed by atoms with van der Waals surface area (Å²) >= 11 is 0. The monoisotopic (exact) mass is 271 g/mol. The van der Waals surface area contributed by atoms with Crippen LogP contribution in [0.5, 0.6) is 0 Å². The first-order valence-corrected chi connectivity index (χ1v) is 6.05. The van der Waals surface area contributed by atoms with Crippen molar-refractivity contribution in [3.63, 3.8) is 0 Å². The van der Waals surface area contributed by atoms with Gasteiger partial charge < -0.3 is 10.2 Å². The number of Topliss-reactive ketones (excluding diaryl/α,β-unsaturated/α-hetero) is 1. The van der Waals surface area contributed by atoms with E-state index in [-0.39, 0.29) is 17.6 Å². The summed E-state index contributed by atoms with van der Waals surface area (Å²) in [6, 6.07) is 2.02. The molecule has 0 aromatic carbocycles. The summed E-state index contributed by atoms with van der Waals surface area (Å²) in [4.78, 5) is 17.4. The Labute approximate surface area is 107 Å². The molecule has 1 aromatic heterocycles. The molecule has 19 heavy (non-hydrogen) atoms. The standard InChI is InChI=1S/C12H12F3N3O/c13-12(14,15)10-2-1-8-9(19)5-7-6-16-3-4-18(7)11(8)17-10/h1-2,7,16H,3-6H2. The molecule has 1 N–H and O–H groups in total. The molecule has 7 heteroatoms. The fourth-order valence-electron chi connectivity index (χ4n) is 2.59. The van der Waals surface area contributed by atoms with E-state index in [1.165, 1.54) is 6.07 Å². The quantitative estimate of drug-likeness (QED) is 0.776. The molecule has 0 radical (unpaired) electrons. The summed E-state index contributed by atoms with van der Waals surface area (Å²) in [5.74, 6) is 0.0405. The number of piperazine rings is 1. The molecule has 0 aliphatic carbocycles. The molecule has 102 valence electrons. The summed E-state index contributed by atoms with van der Waals surface area (Å²) in [5, 5.41) is 3.14. The Morgan fingerprint density at radius 3 is 2.89 bits per heavy atom. The number of carbonyl (C=O) groups is 1. The Morgan fingerprint density at radius 2 is 2.16 bits per heavy atom. The molecule has 3 rings (SSSR count). The first-order chi connectivity index (χ1) is 8.97. The highest BCUT2D eigenvalue weighted by Gasteiger charge is 2.38. The predicted octanol–water partition coefficient (Wildman–Crippen LogP) is 1.47. The largest absolute Gasteiger partial charge is 0.433 e. The van der Waals surface area contributed by atoms with Crippen molar-refractivity contribution >= 4 is 11.6 Å². The zero-order valence-corrected chi connectivity index (χ0v) is 10.00. The second-order valence-corrected chi connectivity index (χ2v) is 4.74. The van der Waals surface area contributed by atoms with Crippen LogP contribution in [-0.2, 0) is 6.18 Å². The van der Waals surface area contributed by atoms with Crippen molar-refractivity contribution in [2.75, 3.05) is 24.5 Å². The lowest BCUT2D eigenvalue weighted by Crippen LogP contribution is -2.54. The third kappa shape index (κ3) is 2.07. The molecule has 1 unspecified atom stereocenters. The van der Waals surface area contributed by atoms with Crippen LogP contribution in [0.3, 0.4) is 0 Å². The van der Waals surface area contributed by atoms with E-state index in [1.54, 1.807) is 0 Å². The maximum Gasteiger partial charge on any atom is 0.433 e. The van der Waals surface area contributed by atoms with E-state index in [2.05, 4.69) is 10.3 Å². The van der Waals surface area contributed by atoms with E-state index in [9.17, 15) is 18.0 Å². The van der Waals surface area contributed by atoms with Gasteiger partial charge in [0.15, 0.2) is 5.78 Å². The Kier molecular flexibility index (Phi) is 2.74. The van der Waals surface area contributed by atoms with Crippen molar-refractivity contribution in [2.24, 2.45) is 0 Å². The lowest BCUT2D eigenvalue weighted by molar-refractivity contribution is -0.141. The second-order valence-electron chi connectivity index (χ2n) is 4.74. The van der Waals surface area contributed by atoms with Gasteiger partial charge >= 0.3 is 6.18 Å². The highest BCUT2D eigenvalue weighted by atomic mass is 19.4. The fraction of sp³-hybridized carbons (Fsp3) is 0.500. The van der Waals surface area contributed by atoms with Gasteiger partial charge in [-0.2, -0.15) is 13.2 Å². The number of rotatable bonds is 0. The molecule has 3 heterocycles. The predicted molar refractivity (Wildman–Crippen MR) is 62.2 cm³/mol. The van der Waals surface area contributed by atoms with Gasteiger partial charge in [-0.1, -0.05) is 0 Å². The lowest BCUT2D eigenvalue weighted by Gasteiger charge is -2.40. The Hall–Kier alpha value is -1.63. The summed E-state index contributed by atoms with van der Waals surface area (Å²) < 4.78 is 38.1. The number of pyridine rings is 1. The van der Waals surface area contributed by atoms with E-state index in [4.69, 9.17) is 0 Å². The van der Waals surface area contributed by atoms with Gasteiger partial charge in [0.1, 0.15) is 11.5 Å². The number of nitrogens with one attached hydrogen (secondary N) is 1. The topological polar surface area (TPSA) is 45.2 Å². The Bertz CT molecular complexity index is 529. The smallest absolute Gasteiger partial charge is 0.350 e. The number of ketones is 1. The van der Waals surface area contributed by atoms with Gasteiger partial charge in [0.05, 0.1) is 11.6 Å². The van der Waals surface area contributed by atoms with Gasteiger partial charge in [0, 0.05) is 26.1 Å². The number of carbonyl (C=O) groups excluding carboxylic acids is 1. The van der Waals surface area contributed by atoms with E-state index >= 15 is 0 Å². The molecular formula is C12H12F3N3O. The average Bonchev–Trinajstić information content (AvgIpc) is 2.37. The lowest BCUT2D eigenvalue weighted by atomic mass is 9.95. The molecule has 0 amide bonds. The van der Waals surface area contributed by atoms with Gasteiger partial charge in [-0.05, 0) is 12.1 Å². The first-order valence-electron chi connectivity index (χ1n) is 6.05. The van der Waals surface area contributed by atoms with E-state index in [1.807, 2.05) is 4.90 Å². The normalized spacial score (nSPS) is 23.0. The van der Waals surface area contributed by atoms with E-state index < -0.39 is 11.9 Å². The minimum absolute atomic E-state index is 0.0928. The fourth-order valence-corrected chi connectivity index (χ4v) is 2.59. The third-order valence-electron chi connectivity index (χ3n) is 3.51. The summed E-state index contributed by atoms with van der Waals surface area (Å²) in [6.45, 7) is 1.85. The number of hydrogen-bond acceptors (Lipinski definition) is 4. The molecule has 1 atom stereocenters. The van der Waals surface area contributed by atoms with Crippen LogP contribution in [0.4, 0.5) is 19.0 Å². The maximum atomic E-state index is 12.7. The number of anilines is 1. The number of hydrogen-bond donors (Lipinski definition) is 1. The van der Waals surface area contributed by atoms with Gasteiger partial charge in [-0.25, -0.2) is 4.98 Å². The molecule has 0 spiro atoms. The number of aromatic nitrogens is 1. The molecule has 1 aromatic rings. The molecule has 4 nitrogen and oxygen atoms in total. The molecule has 1 saturated heterocycles. The zero-order chi connectivity index (χ0) is 13.6.